The number of aryl methyl sites for hydroxylation is 1. The predicted molar refractivity (Wildman–Crippen MR) is 74.1 cm³/mol. The average Bonchev–Trinajstić information content (AvgIpc) is 2.79. The predicted octanol–water partition coefficient (Wildman–Crippen LogP) is 1.02. The van der Waals surface area contributed by atoms with Crippen molar-refractivity contribution in [1.29, 1.82) is 0 Å². The summed E-state index contributed by atoms with van der Waals surface area (Å²) in [5.41, 5.74) is 7.01. The van der Waals surface area contributed by atoms with Crippen molar-refractivity contribution in [1.82, 2.24) is 4.72 Å². The van der Waals surface area contributed by atoms with E-state index in [4.69, 9.17) is 5.73 Å². The molecule has 0 saturated heterocycles. The molecule has 0 aliphatic heterocycles. The van der Waals surface area contributed by atoms with Gasteiger partial charge in [-0.15, -0.1) is 0 Å². The molecule has 1 aromatic carbocycles. The zero-order chi connectivity index (χ0) is 14.0. The third kappa shape index (κ3) is 3.08. The number of nitrogen functional groups attached to an aromatic ring is 1. The van der Waals surface area contributed by atoms with Gasteiger partial charge >= 0.3 is 0 Å². The molecule has 1 aliphatic carbocycles. The molecule has 2 rings (SSSR count). The maximum absolute atomic E-state index is 12.3. The van der Waals surface area contributed by atoms with Crippen molar-refractivity contribution in [2.75, 3.05) is 12.3 Å². The molecule has 0 aromatic heterocycles. The van der Waals surface area contributed by atoms with E-state index in [9.17, 15) is 13.5 Å². The van der Waals surface area contributed by atoms with Gasteiger partial charge in [-0.25, -0.2) is 13.1 Å². The first kappa shape index (κ1) is 14.3. The van der Waals surface area contributed by atoms with E-state index in [1.54, 1.807) is 19.1 Å². The first-order chi connectivity index (χ1) is 8.94. The van der Waals surface area contributed by atoms with E-state index in [-0.39, 0.29) is 23.5 Å². The second-order valence-electron chi connectivity index (χ2n) is 5.12. The minimum absolute atomic E-state index is 0.0182. The smallest absolute Gasteiger partial charge is 0.240 e. The third-order valence-electron chi connectivity index (χ3n) is 3.75. The summed E-state index contributed by atoms with van der Waals surface area (Å²) in [4.78, 5) is 0.225. The number of nitrogens with one attached hydrogen (secondary N) is 1. The zero-order valence-corrected chi connectivity index (χ0v) is 11.8. The fraction of sp³-hybridized carbons (Fsp3) is 0.538. The van der Waals surface area contributed by atoms with Crippen LogP contribution in [-0.4, -0.2) is 26.2 Å². The van der Waals surface area contributed by atoms with Gasteiger partial charge in [-0.05, 0) is 49.4 Å². The van der Waals surface area contributed by atoms with E-state index in [2.05, 4.69) is 4.72 Å². The number of aliphatic hydroxyl groups excluding tert-OH is 1. The van der Waals surface area contributed by atoms with Crippen LogP contribution >= 0.6 is 0 Å². The van der Waals surface area contributed by atoms with Crippen LogP contribution in [0.25, 0.3) is 0 Å². The summed E-state index contributed by atoms with van der Waals surface area (Å²) >= 11 is 0. The Hall–Kier alpha value is -1.11. The Kier molecular flexibility index (Phi) is 4.13. The van der Waals surface area contributed by atoms with E-state index in [1.165, 1.54) is 6.07 Å². The molecular formula is C13H20N2O3S. The van der Waals surface area contributed by atoms with Gasteiger partial charge in [0, 0.05) is 18.3 Å². The van der Waals surface area contributed by atoms with E-state index >= 15 is 0 Å². The second-order valence-corrected chi connectivity index (χ2v) is 6.83. The first-order valence-electron chi connectivity index (χ1n) is 6.43. The number of sulfonamides is 1. The van der Waals surface area contributed by atoms with Crippen molar-refractivity contribution in [2.24, 2.45) is 5.92 Å². The van der Waals surface area contributed by atoms with E-state index in [0.717, 1.165) is 24.8 Å². The van der Waals surface area contributed by atoms with Gasteiger partial charge < -0.3 is 10.8 Å². The van der Waals surface area contributed by atoms with Crippen molar-refractivity contribution in [3.63, 3.8) is 0 Å². The molecular weight excluding hydrogens is 264 g/mol. The van der Waals surface area contributed by atoms with Crippen LogP contribution in [-0.2, 0) is 10.0 Å². The van der Waals surface area contributed by atoms with Crippen LogP contribution in [0.3, 0.4) is 0 Å². The summed E-state index contributed by atoms with van der Waals surface area (Å²) in [5.74, 6) is 0.0182. The van der Waals surface area contributed by atoms with Gasteiger partial charge in [0.2, 0.25) is 10.0 Å². The Morgan fingerprint density at radius 2 is 2.16 bits per heavy atom. The Labute approximate surface area is 113 Å². The normalized spacial score (nSPS) is 23.7. The lowest BCUT2D eigenvalue weighted by molar-refractivity contribution is 0.213. The van der Waals surface area contributed by atoms with Crippen LogP contribution in [0.1, 0.15) is 24.8 Å². The average molecular weight is 284 g/mol. The molecule has 0 bridgehead atoms. The molecule has 2 atom stereocenters. The third-order valence-corrected chi connectivity index (χ3v) is 5.24. The summed E-state index contributed by atoms with van der Waals surface area (Å²) in [6.07, 6.45) is 2.59. The molecule has 4 N–H and O–H groups in total. The molecule has 0 spiro atoms. The van der Waals surface area contributed by atoms with E-state index < -0.39 is 10.0 Å². The van der Waals surface area contributed by atoms with Crippen molar-refractivity contribution in [2.45, 2.75) is 37.1 Å². The molecule has 1 fully saturated rings. The highest BCUT2D eigenvalue weighted by atomic mass is 32.2. The molecule has 19 heavy (non-hydrogen) atoms. The van der Waals surface area contributed by atoms with Gasteiger partial charge in [-0.1, -0.05) is 6.42 Å². The Bertz CT molecular complexity index is 557. The molecule has 0 heterocycles. The topological polar surface area (TPSA) is 92.4 Å². The van der Waals surface area contributed by atoms with Crippen LogP contribution in [0.4, 0.5) is 5.69 Å². The van der Waals surface area contributed by atoms with Gasteiger partial charge in [0.25, 0.3) is 0 Å². The van der Waals surface area contributed by atoms with Crippen LogP contribution in [0.15, 0.2) is 23.1 Å². The van der Waals surface area contributed by atoms with E-state index in [1.807, 2.05) is 0 Å². The standard InChI is InChI=1S/C13H20N2O3S/c1-9-7-11(5-6-12(9)14)19(17,18)15-13-4-2-3-10(13)8-16/h5-7,10,13,15-16H,2-4,8,14H2,1H3. The summed E-state index contributed by atoms with van der Waals surface area (Å²) in [6, 6.07) is 4.50. The van der Waals surface area contributed by atoms with Crippen LogP contribution in [0.2, 0.25) is 0 Å². The highest BCUT2D eigenvalue weighted by Crippen LogP contribution is 2.27. The monoisotopic (exact) mass is 284 g/mol. The molecule has 5 nitrogen and oxygen atoms in total. The second kappa shape index (κ2) is 5.48. The number of rotatable bonds is 4. The Morgan fingerprint density at radius 3 is 2.79 bits per heavy atom. The number of anilines is 1. The van der Waals surface area contributed by atoms with Gasteiger partial charge in [0.1, 0.15) is 0 Å². The maximum Gasteiger partial charge on any atom is 0.240 e. The first-order valence-corrected chi connectivity index (χ1v) is 7.91. The summed E-state index contributed by atoms with van der Waals surface area (Å²) in [6.45, 7) is 1.80. The SMILES string of the molecule is Cc1cc(S(=O)(=O)NC2CCCC2CO)ccc1N. The highest BCUT2D eigenvalue weighted by Gasteiger charge is 2.30. The van der Waals surface area contributed by atoms with Crippen molar-refractivity contribution < 1.29 is 13.5 Å². The highest BCUT2D eigenvalue weighted by molar-refractivity contribution is 7.89. The number of hydrogen-bond acceptors (Lipinski definition) is 4. The largest absolute Gasteiger partial charge is 0.399 e. The van der Waals surface area contributed by atoms with Crippen molar-refractivity contribution >= 4 is 15.7 Å². The van der Waals surface area contributed by atoms with Crippen molar-refractivity contribution in [3.8, 4) is 0 Å². The van der Waals surface area contributed by atoms with Crippen molar-refractivity contribution in [3.05, 3.63) is 23.8 Å². The van der Waals surface area contributed by atoms with Gasteiger partial charge in [0.15, 0.2) is 0 Å². The lowest BCUT2D eigenvalue weighted by Gasteiger charge is -2.19. The number of hydrogen-bond donors (Lipinski definition) is 3. The minimum atomic E-state index is -3.54. The molecule has 0 radical (unpaired) electrons. The summed E-state index contributed by atoms with van der Waals surface area (Å²) < 4.78 is 27.2. The lowest BCUT2D eigenvalue weighted by Crippen LogP contribution is -2.38. The fourth-order valence-electron chi connectivity index (χ4n) is 2.49. The molecule has 1 aliphatic rings. The molecule has 0 amide bonds. The fourth-order valence-corrected chi connectivity index (χ4v) is 3.92. The van der Waals surface area contributed by atoms with Crippen LogP contribution in [0.5, 0.6) is 0 Å². The zero-order valence-electron chi connectivity index (χ0n) is 11.0. The summed E-state index contributed by atoms with van der Waals surface area (Å²) in [5, 5.41) is 9.23. The van der Waals surface area contributed by atoms with Crippen LogP contribution < -0.4 is 10.5 Å². The number of benzene rings is 1. The molecule has 106 valence electrons. The molecule has 1 aromatic rings. The van der Waals surface area contributed by atoms with Gasteiger partial charge in [-0.2, -0.15) is 0 Å². The lowest BCUT2D eigenvalue weighted by atomic mass is 10.1. The summed E-state index contributed by atoms with van der Waals surface area (Å²) in [7, 11) is -3.54. The quantitative estimate of drug-likeness (QED) is 0.720. The molecule has 2 unspecified atom stereocenters. The Morgan fingerprint density at radius 1 is 1.42 bits per heavy atom. The molecule has 1 saturated carbocycles. The Balaban J connectivity index is 2.20. The van der Waals surface area contributed by atoms with E-state index in [0.29, 0.717) is 5.69 Å². The molecule has 6 heteroatoms. The van der Waals surface area contributed by atoms with Gasteiger partial charge in [-0.3, -0.25) is 0 Å². The number of nitrogens with two attached hydrogens (primary N) is 1. The maximum atomic E-state index is 12.3. The number of aliphatic hydroxyl groups is 1. The van der Waals surface area contributed by atoms with Crippen LogP contribution in [0, 0.1) is 12.8 Å². The minimum Gasteiger partial charge on any atom is -0.399 e. The van der Waals surface area contributed by atoms with Gasteiger partial charge in [0.05, 0.1) is 4.90 Å².